The van der Waals surface area contributed by atoms with E-state index >= 15 is 0 Å². The second kappa shape index (κ2) is 11.3. The number of pyridine rings is 2. The smallest absolute Gasteiger partial charge is 0.224 e. The van der Waals surface area contributed by atoms with Crippen LogP contribution in [0.1, 0.15) is 22.3 Å². The highest BCUT2D eigenvalue weighted by molar-refractivity contribution is 8.01. The Morgan fingerprint density at radius 3 is 1.72 bits per heavy atom. The molecule has 0 unspecified atom stereocenters. The van der Waals surface area contributed by atoms with Crippen molar-refractivity contribution in [2.24, 2.45) is 0 Å². The van der Waals surface area contributed by atoms with Gasteiger partial charge in [-0.25, -0.2) is 9.97 Å². The van der Waals surface area contributed by atoms with E-state index in [1.807, 2.05) is 30.0 Å². The van der Waals surface area contributed by atoms with Crippen molar-refractivity contribution in [3.8, 4) is 34.4 Å². The van der Waals surface area contributed by atoms with Gasteiger partial charge in [0, 0.05) is 48.7 Å². The molecular formula is C47H28N2O2S2Si. The standard InChI is InChI=1S/C47H28N2O2S2Si/c1-3-15-35-30(12-1)47(31-13-2-4-16-36(31)50-35)32-24-23-29(28-37(32)51-45-33(47)14-11-27-48-45)34-25-26-44-46(49-34)53-40-19-7-10-22-43(40)54(44)41-20-8-5-17-38(41)52-39-18-6-9-21-42(39)54/h1-28H. The summed E-state index contributed by atoms with van der Waals surface area (Å²) in [4.78, 5) is 14.3. The Morgan fingerprint density at radius 2 is 1.04 bits per heavy atom. The van der Waals surface area contributed by atoms with Gasteiger partial charge in [0.1, 0.15) is 22.3 Å². The van der Waals surface area contributed by atoms with Crippen molar-refractivity contribution < 1.29 is 9.47 Å². The summed E-state index contributed by atoms with van der Waals surface area (Å²) in [5.41, 5.74) is 5.41. The van der Waals surface area contributed by atoms with Crippen LogP contribution in [0.2, 0.25) is 0 Å². The van der Waals surface area contributed by atoms with Gasteiger partial charge in [0.25, 0.3) is 0 Å². The summed E-state index contributed by atoms with van der Waals surface area (Å²) in [6.45, 7) is 0. The third kappa shape index (κ3) is 3.96. The molecule has 6 heterocycles. The first-order valence-electron chi connectivity index (χ1n) is 18.1. The van der Waals surface area contributed by atoms with Crippen LogP contribution in [-0.4, -0.2) is 18.0 Å². The van der Waals surface area contributed by atoms with E-state index in [9.17, 15) is 0 Å². The first-order chi connectivity index (χ1) is 26.7. The maximum absolute atomic E-state index is 6.74. The molecule has 0 aliphatic carbocycles. The van der Waals surface area contributed by atoms with Crippen molar-refractivity contribution in [2.45, 2.75) is 25.1 Å². The Balaban J connectivity index is 1.07. The van der Waals surface area contributed by atoms with Gasteiger partial charge in [-0.2, -0.15) is 0 Å². The summed E-state index contributed by atoms with van der Waals surface area (Å²) >= 11 is 3.68. The molecule has 2 aromatic heterocycles. The van der Waals surface area contributed by atoms with E-state index in [0.29, 0.717) is 5.88 Å². The fourth-order valence-electron chi connectivity index (χ4n) is 9.31. The van der Waals surface area contributed by atoms with Gasteiger partial charge in [0.15, 0.2) is 8.07 Å². The third-order valence-electron chi connectivity index (χ3n) is 11.4. The molecule has 12 rings (SSSR count). The molecule has 0 radical (unpaired) electrons. The van der Waals surface area contributed by atoms with Crippen molar-refractivity contribution in [2.75, 3.05) is 0 Å². The van der Waals surface area contributed by atoms with Gasteiger partial charge < -0.3 is 9.47 Å². The molecule has 8 aromatic rings. The van der Waals surface area contributed by atoms with Crippen LogP contribution in [0.3, 0.4) is 0 Å². The lowest BCUT2D eigenvalue weighted by molar-refractivity contribution is 0.390. The van der Waals surface area contributed by atoms with Crippen molar-refractivity contribution >= 4 is 52.3 Å². The molecule has 0 amide bonds. The Bertz CT molecular complexity index is 2570. The van der Waals surface area contributed by atoms with Gasteiger partial charge in [0.05, 0.1) is 11.1 Å². The summed E-state index contributed by atoms with van der Waals surface area (Å²) in [7, 11) is -2.68. The van der Waals surface area contributed by atoms with Crippen LogP contribution < -0.4 is 30.2 Å². The lowest BCUT2D eigenvalue weighted by Crippen LogP contribution is -2.78. The Morgan fingerprint density at radius 1 is 0.463 bits per heavy atom. The zero-order valence-electron chi connectivity index (χ0n) is 28.7. The van der Waals surface area contributed by atoms with Gasteiger partial charge in [-0.05, 0) is 69.3 Å². The van der Waals surface area contributed by atoms with Crippen molar-refractivity contribution in [3.63, 3.8) is 0 Å². The maximum atomic E-state index is 6.74. The van der Waals surface area contributed by atoms with Crippen LogP contribution in [-0.2, 0) is 5.41 Å². The lowest BCUT2D eigenvalue weighted by atomic mass is 9.62. The summed E-state index contributed by atoms with van der Waals surface area (Å²) < 4.78 is 13.3. The Kier molecular flexibility index (Phi) is 6.41. The molecule has 0 fully saturated rings. The van der Waals surface area contributed by atoms with E-state index in [4.69, 9.17) is 19.4 Å². The molecule has 0 bridgehead atoms. The van der Waals surface area contributed by atoms with Crippen LogP contribution in [0.4, 0.5) is 0 Å². The summed E-state index contributed by atoms with van der Waals surface area (Å²) in [5.74, 6) is 3.03. The molecule has 0 N–H and O–H groups in total. The highest BCUT2D eigenvalue weighted by Gasteiger charge is 2.53. The molecule has 0 atom stereocenters. The zero-order valence-corrected chi connectivity index (χ0v) is 31.3. The Labute approximate surface area is 321 Å². The minimum atomic E-state index is -2.68. The Hall–Kier alpha value is -5.86. The average Bonchev–Trinajstić information content (AvgIpc) is 3.23. The highest BCUT2D eigenvalue weighted by atomic mass is 32.2. The van der Waals surface area contributed by atoms with E-state index in [-0.39, 0.29) is 0 Å². The predicted molar refractivity (Wildman–Crippen MR) is 218 cm³/mol. The highest BCUT2D eigenvalue weighted by Crippen LogP contribution is 2.61. The van der Waals surface area contributed by atoms with Crippen LogP contribution in [0, 0.1) is 0 Å². The second-order valence-electron chi connectivity index (χ2n) is 14.0. The first kappa shape index (κ1) is 30.6. The summed E-state index contributed by atoms with van der Waals surface area (Å²) in [5, 5.41) is 6.73. The average molecular weight is 745 g/mol. The fraction of sp³-hybridized carbons (Fsp3) is 0.0213. The minimum Gasteiger partial charge on any atom is -0.457 e. The number of aromatic nitrogens is 2. The number of fused-ring (bicyclic) bond motifs is 16. The monoisotopic (exact) mass is 744 g/mol. The molecule has 54 heavy (non-hydrogen) atoms. The second-order valence-corrected chi connectivity index (χ2v) is 19.8. The molecule has 0 saturated carbocycles. The van der Waals surface area contributed by atoms with Gasteiger partial charge in [0.2, 0.25) is 5.88 Å². The van der Waals surface area contributed by atoms with Gasteiger partial charge in [-0.3, -0.25) is 0 Å². The molecule has 0 saturated heterocycles. The van der Waals surface area contributed by atoms with Crippen molar-refractivity contribution in [1.29, 1.82) is 0 Å². The number of ether oxygens (including phenoxy) is 2. The van der Waals surface area contributed by atoms with Crippen LogP contribution in [0.5, 0.6) is 23.1 Å². The maximum Gasteiger partial charge on any atom is 0.224 e. The fourth-order valence-corrected chi connectivity index (χ4v) is 18.4. The number of benzene rings is 6. The van der Waals surface area contributed by atoms with Crippen LogP contribution >= 0.6 is 23.5 Å². The first-order valence-corrected chi connectivity index (χ1v) is 21.7. The third-order valence-corrected chi connectivity index (χ3v) is 19.3. The largest absolute Gasteiger partial charge is 0.457 e. The topological polar surface area (TPSA) is 44.2 Å². The lowest BCUT2D eigenvalue weighted by Gasteiger charge is -2.44. The van der Waals surface area contributed by atoms with Crippen molar-refractivity contribution in [1.82, 2.24) is 9.97 Å². The van der Waals surface area contributed by atoms with Gasteiger partial charge in [-0.1, -0.05) is 139 Å². The quantitative estimate of drug-likeness (QED) is 0.156. The molecule has 254 valence electrons. The molecule has 4 aliphatic heterocycles. The molecule has 4 nitrogen and oxygen atoms in total. The van der Waals surface area contributed by atoms with E-state index in [1.54, 1.807) is 18.0 Å². The molecule has 7 heteroatoms. The SMILES string of the molecule is c1ccc2c(c1)Oc1ccccc1C21c2ccc(-c3ccc4c(n3)Sc3ccccc3[Si]43c4ccccc4Sc4ccccc43)cc2Oc2ncccc21. The van der Waals surface area contributed by atoms with E-state index in [0.717, 1.165) is 55.8 Å². The number of para-hydroxylation sites is 2. The van der Waals surface area contributed by atoms with E-state index < -0.39 is 13.5 Å². The number of nitrogens with zero attached hydrogens (tertiary/aromatic N) is 2. The number of hydrogen-bond acceptors (Lipinski definition) is 6. The molecule has 6 aromatic carbocycles. The predicted octanol–water partition coefficient (Wildman–Crippen LogP) is 9.04. The summed E-state index contributed by atoms with van der Waals surface area (Å²) in [6, 6.07) is 59.1. The van der Waals surface area contributed by atoms with Crippen LogP contribution in [0.15, 0.2) is 190 Å². The normalized spacial score (nSPS) is 15.5. The van der Waals surface area contributed by atoms with Gasteiger partial charge >= 0.3 is 0 Å². The van der Waals surface area contributed by atoms with E-state index in [2.05, 4.69) is 146 Å². The molecule has 4 aliphatic rings. The number of rotatable bonds is 1. The van der Waals surface area contributed by atoms with Crippen molar-refractivity contribution in [3.05, 3.63) is 192 Å². The van der Waals surface area contributed by atoms with Gasteiger partial charge in [-0.15, -0.1) is 0 Å². The number of hydrogen-bond donors (Lipinski definition) is 0. The molecule has 2 spiro atoms. The summed E-state index contributed by atoms with van der Waals surface area (Å²) in [6.07, 6.45) is 1.80. The zero-order chi connectivity index (χ0) is 35.4. The minimum absolute atomic E-state index is 0.597. The molecular weight excluding hydrogens is 717 g/mol. The van der Waals surface area contributed by atoms with E-state index in [1.165, 1.54) is 35.4 Å². The van der Waals surface area contributed by atoms with Crippen LogP contribution in [0.25, 0.3) is 11.3 Å².